The average molecular weight is 330 g/mol. The van der Waals surface area contributed by atoms with Gasteiger partial charge in [0.1, 0.15) is 5.75 Å². The maximum atomic E-state index is 12.9. The van der Waals surface area contributed by atoms with Crippen molar-refractivity contribution >= 4 is 11.8 Å². The molecule has 1 aromatic carbocycles. The van der Waals surface area contributed by atoms with Crippen molar-refractivity contribution in [2.24, 2.45) is 5.92 Å². The molecule has 2 aliphatic rings. The van der Waals surface area contributed by atoms with Crippen LogP contribution in [0.15, 0.2) is 12.1 Å². The van der Waals surface area contributed by atoms with Gasteiger partial charge < -0.3 is 14.5 Å². The van der Waals surface area contributed by atoms with Crippen LogP contribution in [0.4, 0.5) is 0 Å². The summed E-state index contributed by atoms with van der Waals surface area (Å²) >= 11 is 0. The number of rotatable bonds is 3. The number of hydrogen-bond donors (Lipinski definition) is 0. The maximum absolute atomic E-state index is 12.9. The highest BCUT2D eigenvalue weighted by molar-refractivity contribution is 5.96. The van der Waals surface area contributed by atoms with Crippen molar-refractivity contribution < 1.29 is 14.3 Å². The fourth-order valence-electron chi connectivity index (χ4n) is 3.35. The zero-order valence-electron chi connectivity index (χ0n) is 14.8. The number of hydrogen-bond acceptors (Lipinski definition) is 3. The third kappa shape index (κ3) is 3.25. The third-order valence-corrected chi connectivity index (χ3v) is 5.21. The molecule has 0 bridgehead atoms. The van der Waals surface area contributed by atoms with Crippen molar-refractivity contribution in [3.05, 3.63) is 28.8 Å². The molecule has 5 nitrogen and oxygen atoms in total. The molecule has 2 amide bonds. The minimum atomic E-state index is 0.0546. The Morgan fingerprint density at radius 1 is 1.00 bits per heavy atom. The van der Waals surface area contributed by atoms with Gasteiger partial charge in [0.15, 0.2) is 0 Å². The van der Waals surface area contributed by atoms with Crippen molar-refractivity contribution in [2.45, 2.75) is 33.1 Å². The van der Waals surface area contributed by atoms with Crippen LogP contribution in [0.3, 0.4) is 0 Å². The predicted molar refractivity (Wildman–Crippen MR) is 92.3 cm³/mol. The van der Waals surface area contributed by atoms with Crippen LogP contribution in [0.2, 0.25) is 0 Å². The lowest BCUT2D eigenvalue weighted by Gasteiger charge is -2.23. The van der Waals surface area contributed by atoms with E-state index in [2.05, 4.69) is 0 Å². The lowest BCUT2D eigenvalue weighted by molar-refractivity contribution is -0.132. The van der Waals surface area contributed by atoms with Crippen LogP contribution in [0.5, 0.6) is 5.75 Å². The molecule has 1 aliphatic carbocycles. The van der Waals surface area contributed by atoms with Crippen molar-refractivity contribution in [1.82, 2.24) is 9.80 Å². The van der Waals surface area contributed by atoms with Gasteiger partial charge in [-0.25, -0.2) is 0 Å². The van der Waals surface area contributed by atoms with Gasteiger partial charge in [0.05, 0.1) is 7.11 Å². The average Bonchev–Trinajstić information content (AvgIpc) is 3.42. The normalized spacial score (nSPS) is 18.3. The van der Waals surface area contributed by atoms with Gasteiger partial charge in [-0.3, -0.25) is 9.59 Å². The molecule has 1 saturated heterocycles. The number of carbonyl (C=O) groups excluding carboxylic acids is 2. The molecule has 0 radical (unpaired) electrons. The molecule has 130 valence electrons. The fraction of sp³-hybridized carbons (Fsp3) is 0.579. The molecule has 1 aromatic rings. The van der Waals surface area contributed by atoms with Crippen LogP contribution >= 0.6 is 0 Å². The van der Waals surface area contributed by atoms with Gasteiger partial charge in [-0.1, -0.05) is 0 Å². The van der Waals surface area contributed by atoms with Crippen LogP contribution in [-0.2, 0) is 4.79 Å². The number of carbonyl (C=O) groups is 2. The molecule has 3 rings (SSSR count). The van der Waals surface area contributed by atoms with Crippen LogP contribution in [-0.4, -0.2) is 54.9 Å². The molecule has 0 atom stereocenters. The molecule has 1 saturated carbocycles. The summed E-state index contributed by atoms with van der Waals surface area (Å²) in [5.74, 6) is 1.39. The Kier molecular flexibility index (Phi) is 4.78. The lowest BCUT2D eigenvalue weighted by atomic mass is 10.0. The van der Waals surface area contributed by atoms with E-state index in [1.54, 1.807) is 7.11 Å². The second-order valence-electron chi connectivity index (χ2n) is 6.81. The largest absolute Gasteiger partial charge is 0.496 e. The third-order valence-electron chi connectivity index (χ3n) is 5.21. The summed E-state index contributed by atoms with van der Waals surface area (Å²) in [7, 11) is 1.64. The minimum Gasteiger partial charge on any atom is -0.496 e. The van der Waals surface area contributed by atoms with E-state index < -0.39 is 0 Å². The molecule has 24 heavy (non-hydrogen) atoms. The summed E-state index contributed by atoms with van der Waals surface area (Å²) in [6.07, 6.45) is 2.91. The van der Waals surface area contributed by atoms with Crippen LogP contribution in [0.1, 0.15) is 40.7 Å². The maximum Gasteiger partial charge on any atom is 0.254 e. The number of nitrogens with zero attached hydrogens (tertiary/aromatic N) is 2. The Balaban J connectivity index is 1.71. The van der Waals surface area contributed by atoms with E-state index in [4.69, 9.17) is 4.74 Å². The standard InChI is InChI=1S/C19H26N2O3/c1-13-14(2)17(24-3)8-7-16(13)19(23)21-10-4-9-20(11-12-21)18(22)15-5-6-15/h7-8,15H,4-6,9-12H2,1-3H3. The first-order chi connectivity index (χ1) is 11.5. The van der Waals surface area contributed by atoms with E-state index in [-0.39, 0.29) is 17.7 Å². The number of methoxy groups -OCH3 is 1. The molecule has 0 spiro atoms. The minimum absolute atomic E-state index is 0.0546. The number of benzene rings is 1. The van der Waals surface area contributed by atoms with E-state index in [0.29, 0.717) is 19.6 Å². The Morgan fingerprint density at radius 2 is 1.67 bits per heavy atom. The van der Waals surface area contributed by atoms with Gasteiger partial charge in [-0.15, -0.1) is 0 Å². The Bertz CT molecular complexity index is 652. The fourth-order valence-corrected chi connectivity index (χ4v) is 3.35. The lowest BCUT2D eigenvalue weighted by Crippen LogP contribution is -2.38. The van der Waals surface area contributed by atoms with E-state index in [0.717, 1.165) is 48.2 Å². The van der Waals surface area contributed by atoms with Crippen LogP contribution < -0.4 is 4.74 Å². The molecular weight excluding hydrogens is 304 g/mol. The first-order valence-corrected chi connectivity index (χ1v) is 8.75. The second-order valence-corrected chi connectivity index (χ2v) is 6.81. The SMILES string of the molecule is COc1ccc(C(=O)N2CCCN(C(=O)C3CC3)CC2)c(C)c1C. The van der Waals surface area contributed by atoms with E-state index >= 15 is 0 Å². The molecule has 0 unspecified atom stereocenters. The summed E-state index contributed by atoms with van der Waals surface area (Å²) < 4.78 is 5.33. The summed E-state index contributed by atoms with van der Waals surface area (Å²) in [4.78, 5) is 29.0. The first kappa shape index (κ1) is 16.8. The van der Waals surface area contributed by atoms with Gasteiger partial charge in [-0.05, 0) is 56.4 Å². The van der Waals surface area contributed by atoms with Gasteiger partial charge in [0.25, 0.3) is 5.91 Å². The van der Waals surface area contributed by atoms with Gasteiger partial charge >= 0.3 is 0 Å². The van der Waals surface area contributed by atoms with E-state index in [9.17, 15) is 9.59 Å². The molecular formula is C19H26N2O3. The van der Waals surface area contributed by atoms with Crippen molar-refractivity contribution in [2.75, 3.05) is 33.3 Å². The smallest absolute Gasteiger partial charge is 0.254 e. The van der Waals surface area contributed by atoms with E-state index in [1.807, 2.05) is 35.8 Å². The quantitative estimate of drug-likeness (QED) is 0.855. The highest BCUT2D eigenvalue weighted by atomic mass is 16.5. The first-order valence-electron chi connectivity index (χ1n) is 8.75. The Hall–Kier alpha value is -2.04. The molecule has 0 aromatic heterocycles. The van der Waals surface area contributed by atoms with Crippen molar-refractivity contribution in [3.63, 3.8) is 0 Å². The van der Waals surface area contributed by atoms with Gasteiger partial charge in [0, 0.05) is 37.7 Å². The number of ether oxygens (including phenoxy) is 1. The van der Waals surface area contributed by atoms with Gasteiger partial charge in [0.2, 0.25) is 5.91 Å². The Morgan fingerprint density at radius 3 is 2.33 bits per heavy atom. The summed E-state index contributed by atoms with van der Waals surface area (Å²) in [6.45, 7) is 6.67. The van der Waals surface area contributed by atoms with Crippen LogP contribution in [0.25, 0.3) is 0 Å². The summed E-state index contributed by atoms with van der Waals surface area (Å²) in [6, 6.07) is 3.71. The molecule has 5 heteroatoms. The molecule has 2 fully saturated rings. The summed E-state index contributed by atoms with van der Waals surface area (Å²) in [5, 5.41) is 0. The second kappa shape index (κ2) is 6.83. The van der Waals surface area contributed by atoms with Gasteiger partial charge in [-0.2, -0.15) is 0 Å². The number of amides is 2. The topological polar surface area (TPSA) is 49.9 Å². The van der Waals surface area contributed by atoms with Crippen molar-refractivity contribution in [1.29, 1.82) is 0 Å². The van der Waals surface area contributed by atoms with Crippen LogP contribution in [0, 0.1) is 19.8 Å². The van der Waals surface area contributed by atoms with E-state index in [1.165, 1.54) is 0 Å². The highest BCUT2D eigenvalue weighted by Crippen LogP contribution is 2.31. The highest BCUT2D eigenvalue weighted by Gasteiger charge is 2.34. The summed E-state index contributed by atoms with van der Waals surface area (Å²) in [5.41, 5.74) is 2.70. The van der Waals surface area contributed by atoms with Crippen molar-refractivity contribution in [3.8, 4) is 5.75 Å². The molecule has 1 aliphatic heterocycles. The monoisotopic (exact) mass is 330 g/mol. The zero-order valence-corrected chi connectivity index (χ0v) is 14.8. The molecule has 0 N–H and O–H groups in total. The molecule has 1 heterocycles. The zero-order chi connectivity index (χ0) is 17.3. The predicted octanol–water partition coefficient (Wildman–Crippen LogP) is 2.40. The Labute approximate surface area is 143 Å².